The van der Waals surface area contributed by atoms with Crippen molar-refractivity contribution in [1.29, 1.82) is 0 Å². The molecular weight excluding hydrogens is 673 g/mol. The molecule has 0 bridgehead atoms. The quantitative estimate of drug-likeness (QED) is 0.167. The molecule has 0 spiro atoms. The molecule has 12 rings (SSSR count). The van der Waals surface area contributed by atoms with E-state index in [1.807, 2.05) is 11.3 Å². The molecule has 0 atom stereocenters. The third kappa shape index (κ3) is 4.32. The van der Waals surface area contributed by atoms with Crippen molar-refractivity contribution in [3.8, 4) is 33.4 Å². The van der Waals surface area contributed by atoms with E-state index in [2.05, 4.69) is 182 Å². The lowest BCUT2D eigenvalue weighted by molar-refractivity contribution is 0.669. The van der Waals surface area contributed by atoms with Crippen molar-refractivity contribution in [1.82, 2.24) is 0 Å². The van der Waals surface area contributed by atoms with Gasteiger partial charge >= 0.3 is 0 Å². The summed E-state index contributed by atoms with van der Waals surface area (Å²) in [5.74, 6) is 0. The predicted octanol–water partition coefficient (Wildman–Crippen LogP) is 15.6. The number of thiophene rings is 1. The Bertz CT molecular complexity index is 3430. The van der Waals surface area contributed by atoms with Gasteiger partial charge in [-0.3, -0.25) is 0 Å². The van der Waals surface area contributed by atoms with Crippen LogP contribution < -0.4 is 0 Å². The Kier molecular flexibility index (Phi) is 6.28. The summed E-state index contributed by atoms with van der Waals surface area (Å²) in [5, 5.41) is 15.1. The molecule has 0 aliphatic heterocycles. The predicted molar refractivity (Wildman–Crippen MR) is 233 cm³/mol. The highest BCUT2D eigenvalue weighted by molar-refractivity contribution is 7.26. The van der Waals surface area contributed by atoms with Gasteiger partial charge < -0.3 is 4.42 Å². The Morgan fingerprint density at radius 2 is 0.889 bits per heavy atom. The summed E-state index contributed by atoms with van der Waals surface area (Å²) in [4.78, 5) is 0. The van der Waals surface area contributed by atoms with Crippen molar-refractivity contribution in [3.05, 3.63) is 182 Å². The van der Waals surface area contributed by atoms with E-state index in [1.54, 1.807) is 0 Å². The van der Waals surface area contributed by atoms with Crippen LogP contribution in [-0.2, 0) is 0 Å². The SMILES string of the molecule is c1ccc2c(-c3c4ccccc4c(-c4ccc(-c5ccc6oc7cc8sc9ccc%10ccccc%10c9c8cc7c6c5)cc4)c4ccccc34)cccc2c1. The van der Waals surface area contributed by atoms with Crippen LogP contribution in [0.15, 0.2) is 186 Å². The van der Waals surface area contributed by atoms with E-state index < -0.39 is 0 Å². The Balaban J connectivity index is 1.01. The van der Waals surface area contributed by atoms with Gasteiger partial charge in [0.15, 0.2) is 0 Å². The number of furan rings is 1. The highest BCUT2D eigenvalue weighted by Crippen LogP contribution is 2.46. The van der Waals surface area contributed by atoms with Gasteiger partial charge in [-0.1, -0.05) is 152 Å². The van der Waals surface area contributed by atoms with Gasteiger partial charge in [0.25, 0.3) is 0 Å². The van der Waals surface area contributed by atoms with E-state index in [1.165, 1.54) is 96.6 Å². The van der Waals surface area contributed by atoms with Gasteiger partial charge in [-0.15, -0.1) is 11.3 Å². The van der Waals surface area contributed by atoms with Crippen LogP contribution in [-0.4, -0.2) is 0 Å². The van der Waals surface area contributed by atoms with Crippen LogP contribution in [0.2, 0.25) is 0 Å². The zero-order chi connectivity index (χ0) is 35.3. The average Bonchev–Trinajstić information content (AvgIpc) is 3.79. The molecule has 2 heterocycles. The third-order valence-electron chi connectivity index (χ3n) is 11.4. The van der Waals surface area contributed by atoms with Gasteiger partial charge in [-0.2, -0.15) is 0 Å². The molecule has 0 saturated heterocycles. The highest BCUT2D eigenvalue weighted by Gasteiger charge is 2.19. The minimum Gasteiger partial charge on any atom is -0.456 e. The van der Waals surface area contributed by atoms with Crippen LogP contribution in [0.5, 0.6) is 0 Å². The molecule has 0 fully saturated rings. The number of rotatable bonds is 3. The molecule has 0 saturated carbocycles. The molecule has 10 aromatic carbocycles. The first-order chi connectivity index (χ1) is 26.8. The monoisotopic (exact) mass is 702 g/mol. The summed E-state index contributed by atoms with van der Waals surface area (Å²) >= 11 is 1.84. The molecule has 2 aromatic heterocycles. The first-order valence-corrected chi connectivity index (χ1v) is 19.3. The fourth-order valence-corrected chi connectivity index (χ4v) is 10.1. The second kappa shape index (κ2) is 11.4. The van der Waals surface area contributed by atoms with E-state index in [0.717, 1.165) is 21.9 Å². The number of benzene rings is 10. The van der Waals surface area contributed by atoms with Gasteiger partial charge in [-0.05, 0) is 107 Å². The summed E-state index contributed by atoms with van der Waals surface area (Å²) in [5.41, 5.74) is 9.26. The maximum atomic E-state index is 6.47. The maximum absolute atomic E-state index is 6.47. The van der Waals surface area contributed by atoms with Crippen LogP contribution in [0.4, 0.5) is 0 Å². The number of hydrogen-bond donors (Lipinski definition) is 0. The van der Waals surface area contributed by atoms with Crippen molar-refractivity contribution >= 4 is 96.5 Å². The third-order valence-corrected chi connectivity index (χ3v) is 12.6. The Morgan fingerprint density at radius 1 is 0.315 bits per heavy atom. The molecule has 54 heavy (non-hydrogen) atoms. The second-order valence-corrected chi connectivity index (χ2v) is 15.4. The smallest absolute Gasteiger partial charge is 0.136 e. The Hall–Kier alpha value is -6.74. The molecular formula is C52H30OS. The molecule has 0 radical (unpaired) electrons. The molecule has 0 N–H and O–H groups in total. The van der Waals surface area contributed by atoms with Crippen LogP contribution in [0, 0.1) is 0 Å². The lowest BCUT2D eigenvalue weighted by atomic mass is 9.84. The number of fused-ring (bicyclic) bond motifs is 11. The van der Waals surface area contributed by atoms with Gasteiger partial charge in [0.2, 0.25) is 0 Å². The highest BCUT2D eigenvalue weighted by atomic mass is 32.1. The van der Waals surface area contributed by atoms with Gasteiger partial charge in [0.1, 0.15) is 11.2 Å². The van der Waals surface area contributed by atoms with Crippen LogP contribution >= 0.6 is 11.3 Å². The largest absolute Gasteiger partial charge is 0.456 e. The van der Waals surface area contributed by atoms with Crippen molar-refractivity contribution in [2.45, 2.75) is 0 Å². The molecule has 0 amide bonds. The lowest BCUT2D eigenvalue weighted by Crippen LogP contribution is -1.91. The fraction of sp³-hybridized carbons (Fsp3) is 0. The maximum Gasteiger partial charge on any atom is 0.136 e. The molecule has 2 heteroatoms. The summed E-state index contributed by atoms with van der Waals surface area (Å²) in [6.45, 7) is 0. The normalized spacial score (nSPS) is 12.1. The minimum absolute atomic E-state index is 0.918. The van der Waals surface area contributed by atoms with Gasteiger partial charge in [-0.25, -0.2) is 0 Å². The van der Waals surface area contributed by atoms with Crippen LogP contribution in [0.25, 0.3) is 119 Å². The van der Waals surface area contributed by atoms with Gasteiger partial charge in [0, 0.05) is 30.9 Å². The fourth-order valence-electron chi connectivity index (χ4n) is 9.00. The van der Waals surface area contributed by atoms with Crippen molar-refractivity contribution in [2.75, 3.05) is 0 Å². The summed E-state index contributed by atoms with van der Waals surface area (Å²) in [6.07, 6.45) is 0. The lowest BCUT2D eigenvalue weighted by Gasteiger charge is -2.19. The van der Waals surface area contributed by atoms with Crippen molar-refractivity contribution in [2.24, 2.45) is 0 Å². The van der Waals surface area contributed by atoms with E-state index in [-0.39, 0.29) is 0 Å². The second-order valence-electron chi connectivity index (χ2n) is 14.4. The molecule has 0 aliphatic rings. The number of hydrogen-bond acceptors (Lipinski definition) is 2. The van der Waals surface area contributed by atoms with E-state index in [0.29, 0.717) is 0 Å². The summed E-state index contributed by atoms with van der Waals surface area (Å²) in [6, 6.07) is 66.8. The van der Waals surface area contributed by atoms with E-state index in [4.69, 9.17) is 4.42 Å². The topological polar surface area (TPSA) is 13.1 Å². The summed E-state index contributed by atoms with van der Waals surface area (Å²) in [7, 11) is 0. The van der Waals surface area contributed by atoms with Crippen LogP contribution in [0.1, 0.15) is 0 Å². The Labute approximate surface area is 314 Å². The standard InChI is InChI=1S/C52H30OS/c1-3-13-36-32(10-1)12-9-19-38(36)51-41-17-7-5-15-39(41)50(40-16-6-8-18-42(40)51)34-22-20-31(21-23-34)35-24-26-46-43(28-35)44-29-45-49(30-47(44)53-46)54-48-27-25-33-11-2-4-14-37(33)52(45)48/h1-30H. The molecule has 0 unspecified atom stereocenters. The molecule has 250 valence electrons. The van der Waals surface area contributed by atoms with E-state index in [9.17, 15) is 0 Å². The van der Waals surface area contributed by atoms with Crippen molar-refractivity contribution in [3.63, 3.8) is 0 Å². The van der Waals surface area contributed by atoms with Gasteiger partial charge in [0.05, 0.1) is 0 Å². The summed E-state index contributed by atoms with van der Waals surface area (Å²) < 4.78 is 9.03. The van der Waals surface area contributed by atoms with Crippen molar-refractivity contribution < 1.29 is 4.42 Å². The molecule has 1 nitrogen and oxygen atoms in total. The molecule has 0 aliphatic carbocycles. The zero-order valence-corrected chi connectivity index (χ0v) is 30.0. The Morgan fingerprint density at radius 3 is 1.63 bits per heavy atom. The first kappa shape index (κ1) is 29.8. The van der Waals surface area contributed by atoms with E-state index >= 15 is 0 Å². The minimum atomic E-state index is 0.918. The molecule has 12 aromatic rings. The first-order valence-electron chi connectivity index (χ1n) is 18.5. The average molecular weight is 703 g/mol. The van der Waals surface area contributed by atoms with Crippen LogP contribution in [0.3, 0.4) is 0 Å². The zero-order valence-electron chi connectivity index (χ0n) is 29.1.